The first-order valence-electron chi connectivity index (χ1n) is 6.19. The minimum Gasteiger partial charge on any atom is -0.392 e. The van der Waals surface area contributed by atoms with Crippen LogP contribution in [0.15, 0.2) is 28.6 Å². The highest BCUT2D eigenvalue weighted by molar-refractivity contribution is 9.10. The van der Waals surface area contributed by atoms with Crippen molar-refractivity contribution in [3.63, 3.8) is 0 Å². The first-order chi connectivity index (χ1) is 9.54. The van der Waals surface area contributed by atoms with Gasteiger partial charge in [0.15, 0.2) is 0 Å². The van der Waals surface area contributed by atoms with Crippen LogP contribution >= 0.6 is 15.9 Å². The van der Waals surface area contributed by atoms with Gasteiger partial charge >= 0.3 is 0 Å². The molecule has 2 aromatic heterocycles. The number of fused-ring (bicyclic) bond motifs is 1. The van der Waals surface area contributed by atoms with E-state index in [0.717, 1.165) is 15.6 Å². The maximum atomic E-state index is 10.2. The number of hydrogen-bond acceptors (Lipinski definition) is 5. The zero-order valence-corrected chi connectivity index (χ0v) is 12.3. The molecule has 0 saturated heterocycles. The fourth-order valence-corrected chi connectivity index (χ4v) is 3.31. The summed E-state index contributed by atoms with van der Waals surface area (Å²) in [5, 5.41) is 30.1. The molecular weight excluding hydrogens is 326 g/mol. The smallest absolute Gasteiger partial charge is 0.145 e. The quantitative estimate of drug-likeness (QED) is 0.700. The summed E-state index contributed by atoms with van der Waals surface area (Å²) in [7, 11) is 0. The second kappa shape index (κ2) is 4.92. The second-order valence-corrected chi connectivity index (χ2v) is 5.72. The zero-order chi connectivity index (χ0) is 14.4. The molecule has 0 bridgehead atoms. The summed E-state index contributed by atoms with van der Waals surface area (Å²) in [6, 6.07) is -0.463. The van der Waals surface area contributed by atoms with Crippen LogP contribution in [0.3, 0.4) is 0 Å². The standard InChI is InChI=1S/C13H14BrN3O3/c1-6-10-8(14)3-17(13(10)16-5-15-6)9-2-7(4-18)11(19)12(9)20/h2-3,5,9,11-12,18-20H,4H2,1H3/t9-,11-,12+/m1/s1. The van der Waals surface area contributed by atoms with Crippen molar-refractivity contribution < 1.29 is 15.3 Å². The van der Waals surface area contributed by atoms with Crippen LogP contribution in [-0.4, -0.2) is 48.7 Å². The Kier molecular flexibility index (Phi) is 3.37. The number of aromatic nitrogens is 3. The molecule has 3 rings (SSSR count). The molecule has 0 amide bonds. The Morgan fingerprint density at radius 3 is 2.75 bits per heavy atom. The lowest BCUT2D eigenvalue weighted by Crippen LogP contribution is -2.30. The first-order valence-corrected chi connectivity index (χ1v) is 6.99. The number of hydrogen-bond donors (Lipinski definition) is 3. The summed E-state index contributed by atoms with van der Waals surface area (Å²) >= 11 is 3.47. The number of halogens is 1. The van der Waals surface area contributed by atoms with Gasteiger partial charge in [0.1, 0.15) is 24.2 Å². The van der Waals surface area contributed by atoms with Crippen molar-refractivity contribution in [2.75, 3.05) is 6.61 Å². The Morgan fingerprint density at radius 1 is 1.35 bits per heavy atom. The minimum atomic E-state index is -1.05. The highest BCUT2D eigenvalue weighted by Gasteiger charge is 2.36. The van der Waals surface area contributed by atoms with Crippen molar-refractivity contribution in [1.29, 1.82) is 0 Å². The molecule has 0 fully saturated rings. The molecule has 2 aromatic rings. The Bertz CT molecular complexity index is 697. The van der Waals surface area contributed by atoms with Crippen molar-refractivity contribution in [3.8, 4) is 0 Å². The SMILES string of the molecule is Cc1ncnc2c1c(Br)cn2[C@@H]1C=C(CO)[C@@H](O)[C@H]1O. The van der Waals surface area contributed by atoms with Gasteiger partial charge in [-0.05, 0) is 28.4 Å². The van der Waals surface area contributed by atoms with E-state index in [1.165, 1.54) is 6.33 Å². The average molecular weight is 340 g/mol. The molecule has 1 aliphatic rings. The lowest BCUT2D eigenvalue weighted by atomic mass is 10.1. The highest BCUT2D eigenvalue weighted by atomic mass is 79.9. The molecule has 7 heteroatoms. The predicted molar refractivity (Wildman–Crippen MR) is 76.2 cm³/mol. The number of nitrogens with zero attached hydrogens (tertiary/aromatic N) is 3. The van der Waals surface area contributed by atoms with Gasteiger partial charge < -0.3 is 19.9 Å². The van der Waals surface area contributed by atoms with E-state index in [4.69, 9.17) is 0 Å². The molecule has 0 radical (unpaired) electrons. The van der Waals surface area contributed by atoms with Crippen LogP contribution in [0.5, 0.6) is 0 Å². The van der Waals surface area contributed by atoms with Crippen molar-refractivity contribution in [1.82, 2.24) is 14.5 Å². The number of rotatable bonds is 2. The highest BCUT2D eigenvalue weighted by Crippen LogP contribution is 2.35. The van der Waals surface area contributed by atoms with Crippen molar-refractivity contribution in [2.24, 2.45) is 0 Å². The molecule has 0 spiro atoms. The Morgan fingerprint density at radius 2 is 2.10 bits per heavy atom. The number of aliphatic hydroxyl groups is 3. The first kappa shape index (κ1) is 13.7. The molecule has 0 unspecified atom stereocenters. The molecule has 0 aromatic carbocycles. The fourth-order valence-electron chi connectivity index (χ4n) is 2.63. The number of aliphatic hydroxyl groups excluding tert-OH is 3. The van der Waals surface area contributed by atoms with Crippen LogP contribution in [0.4, 0.5) is 0 Å². The molecule has 0 aliphatic heterocycles. The van der Waals surface area contributed by atoms with Gasteiger partial charge in [-0.15, -0.1) is 0 Å². The average Bonchev–Trinajstić information content (AvgIpc) is 2.90. The van der Waals surface area contributed by atoms with E-state index in [1.54, 1.807) is 10.6 Å². The molecule has 1 aliphatic carbocycles. The molecule has 6 nitrogen and oxygen atoms in total. The van der Waals surface area contributed by atoms with Crippen LogP contribution in [0.2, 0.25) is 0 Å². The second-order valence-electron chi connectivity index (χ2n) is 4.87. The van der Waals surface area contributed by atoms with Crippen LogP contribution < -0.4 is 0 Å². The van der Waals surface area contributed by atoms with E-state index in [1.807, 2.05) is 13.1 Å². The van der Waals surface area contributed by atoms with Crippen molar-refractivity contribution in [3.05, 3.63) is 34.3 Å². The minimum absolute atomic E-state index is 0.275. The van der Waals surface area contributed by atoms with Crippen LogP contribution in [-0.2, 0) is 0 Å². The number of aryl methyl sites for hydroxylation is 1. The molecule has 20 heavy (non-hydrogen) atoms. The summed E-state index contributed by atoms with van der Waals surface area (Å²) in [5.74, 6) is 0. The van der Waals surface area contributed by atoms with Gasteiger partial charge in [0, 0.05) is 10.7 Å². The van der Waals surface area contributed by atoms with E-state index >= 15 is 0 Å². The normalized spacial score (nSPS) is 26.2. The zero-order valence-electron chi connectivity index (χ0n) is 10.7. The van der Waals surface area contributed by atoms with E-state index in [-0.39, 0.29) is 6.61 Å². The van der Waals surface area contributed by atoms with Gasteiger partial charge in [0.05, 0.1) is 23.7 Å². The van der Waals surface area contributed by atoms with Gasteiger partial charge in [-0.2, -0.15) is 0 Å². The Labute approximate surface area is 123 Å². The third-order valence-corrected chi connectivity index (χ3v) is 4.30. The van der Waals surface area contributed by atoms with Crippen LogP contribution in [0, 0.1) is 6.92 Å². The van der Waals surface area contributed by atoms with Gasteiger partial charge in [0.2, 0.25) is 0 Å². The van der Waals surface area contributed by atoms with E-state index < -0.39 is 18.2 Å². The maximum Gasteiger partial charge on any atom is 0.145 e. The van der Waals surface area contributed by atoms with Gasteiger partial charge in [-0.3, -0.25) is 0 Å². The van der Waals surface area contributed by atoms with Gasteiger partial charge in [-0.1, -0.05) is 6.08 Å². The Balaban J connectivity index is 2.17. The largest absolute Gasteiger partial charge is 0.392 e. The Hall–Kier alpha value is -1.28. The predicted octanol–water partition coefficient (Wildman–Crippen LogP) is 0.697. The van der Waals surface area contributed by atoms with E-state index in [2.05, 4.69) is 25.9 Å². The summed E-state index contributed by atoms with van der Waals surface area (Å²) in [4.78, 5) is 8.41. The molecule has 3 N–H and O–H groups in total. The summed E-state index contributed by atoms with van der Waals surface area (Å²) in [6.45, 7) is 1.61. The van der Waals surface area contributed by atoms with E-state index in [0.29, 0.717) is 11.2 Å². The lowest BCUT2D eigenvalue weighted by molar-refractivity contribution is 0.0288. The lowest BCUT2D eigenvalue weighted by Gasteiger charge is -2.19. The van der Waals surface area contributed by atoms with Gasteiger partial charge in [0.25, 0.3) is 0 Å². The third kappa shape index (κ3) is 1.89. The fraction of sp³-hybridized carbons (Fsp3) is 0.385. The molecular formula is C13H14BrN3O3. The monoisotopic (exact) mass is 339 g/mol. The van der Waals surface area contributed by atoms with Crippen molar-refractivity contribution in [2.45, 2.75) is 25.2 Å². The molecule has 106 valence electrons. The van der Waals surface area contributed by atoms with Crippen molar-refractivity contribution >= 4 is 27.0 Å². The summed E-state index contributed by atoms with van der Waals surface area (Å²) in [6.07, 6.45) is 2.90. The topological polar surface area (TPSA) is 91.4 Å². The molecule has 0 saturated carbocycles. The van der Waals surface area contributed by atoms with Gasteiger partial charge in [-0.25, -0.2) is 9.97 Å². The summed E-state index contributed by atoms with van der Waals surface area (Å²) < 4.78 is 2.61. The summed E-state index contributed by atoms with van der Waals surface area (Å²) in [5.41, 5.74) is 1.93. The maximum absolute atomic E-state index is 10.2. The van der Waals surface area contributed by atoms with Crippen LogP contribution in [0.25, 0.3) is 11.0 Å². The molecule has 2 heterocycles. The molecule has 3 atom stereocenters. The van der Waals surface area contributed by atoms with Crippen LogP contribution in [0.1, 0.15) is 11.7 Å². The van der Waals surface area contributed by atoms with E-state index in [9.17, 15) is 15.3 Å². The third-order valence-electron chi connectivity index (χ3n) is 3.69.